The molecule has 0 aliphatic carbocycles. The van der Waals surface area contributed by atoms with Gasteiger partial charge in [-0.3, -0.25) is 4.79 Å². The lowest BCUT2D eigenvalue weighted by atomic mass is 9.87. The number of hydrogen-bond acceptors (Lipinski definition) is 8. The molecule has 0 radical (unpaired) electrons. The third kappa shape index (κ3) is 14.4. The van der Waals surface area contributed by atoms with Crippen molar-refractivity contribution in [1.82, 2.24) is 0 Å². The van der Waals surface area contributed by atoms with E-state index in [1.165, 1.54) is 0 Å². The molecule has 0 aromatic carbocycles. The molecule has 9 heteroatoms. The second-order valence-electron chi connectivity index (χ2n) is 6.31. The first-order valence-electron chi connectivity index (χ1n) is 9.29. The van der Waals surface area contributed by atoms with Gasteiger partial charge in [0.25, 0.3) is 0 Å². The van der Waals surface area contributed by atoms with Gasteiger partial charge in [0, 0.05) is 44.7 Å². The second kappa shape index (κ2) is 17.6. The largest absolute Gasteiger partial charge is 0.381 e. The monoisotopic (exact) mass is 378 g/mol. The van der Waals surface area contributed by atoms with Crippen LogP contribution in [-0.2, 0) is 23.7 Å². The molecule has 0 spiro atoms. The number of rotatable bonds is 20. The molecule has 0 aromatic heterocycles. The predicted octanol–water partition coefficient (Wildman–Crippen LogP) is -1.04. The lowest BCUT2D eigenvalue weighted by Gasteiger charge is -2.33. The Balaban J connectivity index is 4.44. The van der Waals surface area contributed by atoms with E-state index in [2.05, 4.69) is 0 Å². The van der Waals surface area contributed by atoms with Gasteiger partial charge in [0.15, 0.2) is 0 Å². The van der Waals surface area contributed by atoms with Crippen LogP contribution in [0, 0.1) is 5.41 Å². The molecular weight excluding hydrogens is 340 g/mol. The Labute approximate surface area is 157 Å². The van der Waals surface area contributed by atoms with Gasteiger partial charge in [-0.1, -0.05) is 0 Å². The number of carbonyl (C=O) groups is 1. The third-order valence-corrected chi connectivity index (χ3v) is 3.75. The smallest absolute Gasteiger partial charge is 0.217 e. The van der Waals surface area contributed by atoms with Gasteiger partial charge in [-0.2, -0.15) is 0 Å². The molecule has 0 aromatic rings. The molecular formula is C17H38N4O5. The number of amides is 1. The topological polar surface area (TPSA) is 158 Å². The van der Waals surface area contributed by atoms with E-state index in [1.54, 1.807) is 0 Å². The molecule has 8 N–H and O–H groups in total. The van der Waals surface area contributed by atoms with Gasteiger partial charge in [-0.05, 0) is 19.3 Å². The zero-order chi connectivity index (χ0) is 19.5. The maximum atomic E-state index is 10.7. The molecule has 156 valence electrons. The summed E-state index contributed by atoms with van der Waals surface area (Å²) in [7, 11) is 0. The number of unbranched alkanes of at least 4 members (excludes halogenated alkanes) is 1. The van der Waals surface area contributed by atoms with Gasteiger partial charge in [0.1, 0.15) is 0 Å². The highest BCUT2D eigenvalue weighted by molar-refractivity contribution is 5.73. The van der Waals surface area contributed by atoms with Crippen molar-refractivity contribution in [2.45, 2.75) is 25.7 Å². The Morgan fingerprint density at radius 1 is 0.692 bits per heavy atom. The van der Waals surface area contributed by atoms with Gasteiger partial charge in [-0.25, -0.2) is 0 Å². The van der Waals surface area contributed by atoms with E-state index in [1.807, 2.05) is 0 Å². The van der Waals surface area contributed by atoms with E-state index < -0.39 is 0 Å². The van der Waals surface area contributed by atoms with Crippen LogP contribution in [0.4, 0.5) is 0 Å². The van der Waals surface area contributed by atoms with Crippen LogP contribution in [0.15, 0.2) is 0 Å². The maximum absolute atomic E-state index is 10.7. The van der Waals surface area contributed by atoms with Crippen molar-refractivity contribution in [3.8, 4) is 0 Å². The van der Waals surface area contributed by atoms with Gasteiger partial charge in [-0.15, -0.1) is 0 Å². The Morgan fingerprint density at radius 2 is 1.19 bits per heavy atom. The maximum Gasteiger partial charge on any atom is 0.217 e. The van der Waals surface area contributed by atoms with Crippen molar-refractivity contribution in [2.24, 2.45) is 28.3 Å². The standard InChI is InChI=1S/C17H38N4O5/c18-5-10-24-13-17(14-25-11-6-19,15-26-12-7-20)4-9-23-8-2-1-3-16(21)22/h1-15,18-20H2,(H2,21,22). The highest BCUT2D eigenvalue weighted by Crippen LogP contribution is 2.24. The van der Waals surface area contributed by atoms with Gasteiger partial charge in [0.05, 0.1) is 39.6 Å². The minimum atomic E-state index is -0.341. The highest BCUT2D eigenvalue weighted by Gasteiger charge is 2.31. The summed E-state index contributed by atoms with van der Waals surface area (Å²) < 4.78 is 22.7. The molecule has 0 unspecified atom stereocenters. The van der Waals surface area contributed by atoms with Crippen LogP contribution in [0.1, 0.15) is 25.7 Å². The number of nitrogens with two attached hydrogens (primary N) is 4. The summed E-state index contributed by atoms with van der Waals surface area (Å²) in [6.45, 7) is 5.32. The van der Waals surface area contributed by atoms with Crippen molar-refractivity contribution in [3.05, 3.63) is 0 Å². The van der Waals surface area contributed by atoms with Crippen LogP contribution in [0.5, 0.6) is 0 Å². The molecule has 0 atom stereocenters. The molecule has 0 bridgehead atoms. The zero-order valence-electron chi connectivity index (χ0n) is 16.0. The normalized spacial score (nSPS) is 11.8. The van der Waals surface area contributed by atoms with Crippen LogP contribution in [0.2, 0.25) is 0 Å². The molecule has 0 aliphatic heterocycles. The fourth-order valence-corrected chi connectivity index (χ4v) is 2.35. The van der Waals surface area contributed by atoms with E-state index >= 15 is 0 Å². The lowest BCUT2D eigenvalue weighted by Crippen LogP contribution is -2.40. The number of primary amides is 1. The first-order chi connectivity index (χ1) is 12.6. The minimum absolute atomic E-state index is 0.282. The lowest BCUT2D eigenvalue weighted by molar-refractivity contribution is -0.118. The average molecular weight is 379 g/mol. The second-order valence-corrected chi connectivity index (χ2v) is 6.31. The number of hydrogen-bond donors (Lipinski definition) is 4. The fraction of sp³-hybridized carbons (Fsp3) is 0.941. The molecule has 0 heterocycles. The summed E-state index contributed by atoms with van der Waals surface area (Å²) >= 11 is 0. The molecule has 0 fully saturated rings. The zero-order valence-corrected chi connectivity index (χ0v) is 16.0. The molecule has 26 heavy (non-hydrogen) atoms. The van der Waals surface area contributed by atoms with Crippen LogP contribution in [0.25, 0.3) is 0 Å². The number of carbonyl (C=O) groups excluding carboxylic acids is 1. The third-order valence-electron chi connectivity index (χ3n) is 3.75. The molecule has 0 rings (SSSR count). The average Bonchev–Trinajstić information content (AvgIpc) is 2.61. The van der Waals surface area contributed by atoms with Crippen molar-refractivity contribution < 1.29 is 23.7 Å². The Kier molecular flexibility index (Phi) is 17.0. The summed E-state index contributed by atoms with van der Waals surface area (Å²) in [5, 5.41) is 0. The summed E-state index contributed by atoms with van der Waals surface area (Å²) in [5.41, 5.74) is 21.3. The van der Waals surface area contributed by atoms with E-state index in [-0.39, 0.29) is 11.3 Å². The van der Waals surface area contributed by atoms with Crippen LogP contribution in [0.3, 0.4) is 0 Å². The Bertz CT molecular complexity index is 308. The molecule has 1 amide bonds. The van der Waals surface area contributed by atoms with Crippen molar-refractivity contribution in [3.63, 3.8) is 0 Å². The Hall–Kier alpha value is -0.810. The van der Waals surface area contributed by atoms with Crippen molar-refractivity contribution >= 4 is 5.91 Å². The molecule has 0 saturated heterocycles. The molecule has 0 aliphatic rings. The summed E-state index contributed by atoms with van der Waals surface area (Å²) in [5.74, 6) is -0.282. The first kappa shape index (κ1) is 25.2. The quantitative estimate of drug-likeness (QED) is 0.196. The van der Waals surface area contributed by atoms with E-state index in [0.717, 1.165) is 12.8 Å². The minimum Gasteiger partial charge on any atom is -0.381 e. The molecule has 0 saturated carbocycles. The van der Waals surface area contributed by atoms with E-state index in [4.69, 9.17) is 41.9 Å². The van der Waals surface area contributed by atoms with Crippen LogP contribution in [-0.4, -0.2) is 78.4 Å². The van der Waals surface area contributed by atoms with Crippen molar-refractivity contribution in [1.29, 1.82) is 0 Å². The van der Waals surface area contributed by atoms with Gasteiger partial charge >= 0.3 is 0 Å². The molecule has 9 nitrogen and oxygen atoms in total. The first-order valence-corrected chi connectivity index (χ1v) is 9.29. The van der Waals surface area contributed by atoms with Crippen molar-refractivity contribution in [2.75, 3.05) is 72.5 Å². The SMILES string of the molecule is NCCOCC(CCOCCCCC(N)=O)(COCCN)COCCN. The summed E-state index contributed by atoms with van der Waals surface area (Å²) in [6.07, 6.45) is 2.63. The van der Waals surface area contributed by atoms with E-state index in [0.29, 0.717) is 85.3 Å². The summed E-state index contributed by atoms with van der Waals surface area (Å²) in [6, 6.07) is 0. The summed E-state index contributed by atoms with van der Waals surface area (Å²) in [4.78, 5) is 10.7. The Morgan fingerprint density at radius 3 is 1.62 bits per heavy atom. The van der Waals surface area contributed by atoms with Gasteiger partial charge in [0.2, 0.25) is 5.91 Å². The fourth-order valence-electron chi connectivity index (χ4n) is 2.35. The number of ether oxygens (including phenoxy) is 4. The van der Waals surface area contributed by atoms with Crippen LogP contribution < -0.4 is 22.9 Å². The van der Waals surface area contributed by atoms with Crippen LogP contribution >= 0.6 is 0 Å². The highest BCUT2D eigenvalue weighted by atomic mass is 16.5. The van der Waals surface area contributed by atoms with Gasteiger partial charge < -0.3 is 41.9 Å². The van der Waals surface area contributed by atoms with E-state index in [9.17, 15) is 4.79 Å². The predicted molar refractivity (Wildman–Crippen MR) is 101 cm³/mol.